The fraction of sp³-hybridized carbons (Fsp3) is 0.0870. The van der Waals surface area contributed by atoms with E-state index in [0.717, 1.165) is 28.8 Å². The zero-order valence-electron chi connectivity index (χ0n) is 16.3. The van der Waals surface area contributed by atoms with Gasteiger partial charge in [0.2, 0.25) is 0 Å². The second kappa shape index (κ2) is 8.57. The van der Waals surface area contributed by atoms with Gasteiger partial charge in [-0.15, -0.1) is 0 Å². The Morgan fingerprint density at radius 1 is 1.00 bits per heavy atom. The zero-order chi connectivity index (χ0) is 21.8. The van der Waals surface area contributed by atoms with Gasteiger partial charge in [0.05, 0.1) is 12.7 Å². The van der Waals surface area contributed by atoms with E-state index in [1.54, 1.807) is 25.3 Å². The lowest BCUT2D eigenvalue weighted by Crippen LogP contribution is -2.30. The average Bonchev–Trinajstić information content (AvgIpc) is 2.73. The number of carbonyl (C=O) groups is 2. The molecule has 0 bridgehead atoms. The van der Waals surface area contributed by atoms with Crippen LogP contribution < -0.4 is 10.1 Å². The Hall–Kier alpha value is -4.00. The maximum absolute atomic E-state index is 13.8. The first kappa shape index (κ1) is 20.7. The van der Waals surface area contributed by atoms with Crippen LogP contribution >= 0.6 is 0 Å². The van der Waals surface area contributed by atoms with Crippen molar-refractivity contribution in [2.24, 2.45) is 0 Å². The molecule has 7 heteroatoms. The number of halogens is 1. The van der Waals surface area contributed by atoms with Crippen LogP contribution in [-0.2, 0) is 0 Å². The van der Waals surface area contributed by atoms with E-state index in [2.05, 4.69) is 5.32 Å². The monoisotopic (exact) mass is 406 g/mol. The van der Waals surface area contributed by atoms with Gasteiger partial charge < -0.3 is 15.2 Å². The summed E-state index contributed by atoms with van der Waals surface area (Å²) in [5.41, 5.74) is 2.54. The standard InChI is InChI=1S/C23H19FN2O4/c1-13-11-15(8-9-16(13)17-5-3-4-6-20(17)30-2)22(27)26-21(25)14-7-10-18(23(28)29)19(24)12-14/h3-12H,1-2H3,(H,28,29)(H2,25,26,27). The molecule has 0 spiro atoms. The molecule has 1 amide bonds. The summed E-state index contributed by atoms with van der Waals surface area (Å²) >= 11 is 0. The molecule has 3 rings (SSSR count). The average molecular weight is 406 g/mol. The number of amidine groups is 1. The van der Waals surface area contributed by atoms with Crippen LogP contribution in [0, 0.1) is 18.2 Å². The Labute approximate surface area is 172 Å². The molecule has 0 aliphatic carbocycles. The third-order valence-electron chi connectivity index (χ3n) is 4.61. The van der Waals surface area contributed by atoms with E-state index < -0.39 is 23.3 Å². The van der Waals surface area contributed by atoms with Gasteiger partial charge in [-0.3, -0.25) is 10.2 Å². The Morgan fingerprint density at radius 2 is 1.70 bits per heavy atom. The van der Waals surface area contributed by atoms with Gasteiger partial charge in [0, 0.05) is 16.7 Å². The first-order chi connectivity index (χ1) is 14.3. The number of hydrogen-bond acceptors (Lipinski definition) is 4. The summed E-state index contributed by atoms with van der Waals surface area (Å²) in [6.07, 6.45) is 0. The van der Waals surface area contributed by atoms with Crippen molar-refractivity contribution in [3.63, 3.8) is 0 Å². The summed E-state index contributed by atoms with van der Waals surface area (Å²) in [5, 5.41) is 19.3. The van der Waals surface area contributed by atoms with Gasteiger partial charge in [-0.25, -0.2) is 9.18 Å². The molecule has 0 radical (unpaired) electrons. The lowest BCUT2D eigenvalue weighted by molar-refractivity contribution is 0.0691. The number of aryl methyl sites for hydroxylation is 1. The lowest BCUT2D eigenvalue weighted by atomic mass is 9.97. The fourth-order valence-electron chi connectivity index (χ4n) is 3.08. The number of para-hydroxylation sites is 1. The quantitative estimate of drug-likeness (QED) is 0.435. The molecule has 3 aromatic carbocycles. The molecule has 0 saturated heterocycles. The number of methoxy groups -OCH3 is 1. The number of carbonyl (C=O) groups excluding carboxylic acids is 1. The van der Waals surface area contributed by atoms with E-state index in [-0.39, 0.29) is 11.4 Å². The number of aromatic carboxylic acids is 1. The van der Waals surface area contributed by atoms with Gasteiger partial charge in [-0.05, 0) is 48.4 Å². The van der Waals surface area contributed by atoms with Gasteiger partial charge in [0.15, 0.2) is 0 Å². The molecule has 6 nitrogen and oxygen atoms in total. The number of benzene rings is 3. The molecule has 3 N–H and O–H groups in total. The molecular formula is C23H19FN2O4. The predicted molar refractivity (Wildman–Crippen MR) is 111 cm³/mol. The summed E-state index contributed by atoms with van der Waals surface area (Å²) < 4.78 is 19.2. The van der Waals surface area contributed by atoms with Gasteiger partial charge in [0.1, 0.15) is 17.4 Å². The fourth-order valence-corrected chi connectivity index (χ4v) is 3.08. The van der Waals surface area contributed by atoms with E-state index in [9.17, 15) is 14.0 Å². The van der Waals surface area contributed by atoms with E-state index >= 15 is 0 Å². The van der Waals surface area contributed by atoms with Crippen molar-refractivity contribution in [1.82, 2.24) is 5.32 Å². The van der Waals surface area contributed by atoms with Crippen molar-refractivity contribution in [3.8, 4) is 16.9 Å². The van der Waals surface area contributed by atoms with Crippen molar-refractivity contribution in [3.05, 3.63) is 88.7 Å². The summed E-state index contributed by atoms with van der Waals surface area (Å²) in [6.45, 7) is 1.86. The molecule has 0 saturated carbocycles. The molecule has 0 aromatic heterocycles. The van der Waals surface area contributed by atoms with Crippen LogP contribution in [0.3, 0.4) is 0 Å². The van der Waals surface area contributed by atoms with Crippen LogP contribution in [0.1, 0.15) is 31.8 Å². The van der Waals surface area contributed by atoms with Crippen LogP contribution in [0.15, 0.2) is 60.7 Å². The number of ether oxygens (including phenoxy) is 1. The van der Waals surface area contributed by atoms with Crippen LogP contribution in [0.25, 0.3) is 11.1 Å². The van der Waals surface area contributed by atoms with Gasteiger partial charge in [-0.1, -0.05) is 30.3 Å². The molecular weight excluding hydrogens is 387 g/mol. The summed E-state index contributed by atoms with van der Waals surface area (Å²) in [5.74, 6) is -2.53. The number of carboxylic acid groups (broad SMARTS) is 1. The van der Waals surface area contributed by atoms with Crippen molar-refractivity contribution >= 4 is 17.7 Å². The molecule has 152 valence electrons. The highest BCUT2D eigenvalue weighted by Crippen LogP contribution is 2.32. The first-order valence-electron chi connectivity index (χ1n) is 8.99. The highest BCUT2D eigenvalue weighted by molar-refractivity contribution is 6.11. The molecule has 0 heterocycles. The van der Waals surface area contributed by atoms with Crippen molar-refractivity contribution in [1.29, 1.82) is 5.41 Å². The first-order valence-corrected chi connectivity index (χ1v) is 8.99. The molecule has 3 aromatic rings. The SMILES string of the molecule is COc1ccccc1-c1ccc(C(=O)NC(=N)c2ccc(C(=O)O)c(F)c2)cc1C. The normalized spacial score (nSPS) is 10.4. The number of rotatable bonds is 5. The van der Waals surface area contributed by atoms with E-state index in [0.29, 0.717) is 11.3 Å². The Bertz CT molecular complexity index is 1160. The Balaban J connectivity index is 1.81. The Kier molecular flexibility index (Phi) is 5.92. The highest BCUT2D eigenvalue weighted by atomic mass is 19.1. The van der Waals surface area contributed by atoms with Gasteiger partial charge >= 0.3 is 5.97 Å². The maximum atomic E-state index is 13.8. The minimum atomic E-state index is -1.40. The summed E-state index contributed by atoms with van der Waals surface area (Å²) in [6, 6.07) is 15.9. The highest BCUT2D eigenvalue weighted by Gasteiger charge is 2.16. The maximum Gasteiger partial charge on any atom is 0.338 e. The number of hydrogen-bond donors (Lipinski definition) is 3. The van der Waals surface area contributed by atoms with Crippen LogP contribution in [0.4, 0.5) is 4.39 Å². The zero-order valence-corrected chi connectivity index (χ0v) is 16.3. The van der Waals surface area contributed by atoms with Crippen molar-refractivity contribution in [2.45, 2.75) is 6.92 Å². The summed E-state index contributed by atoms with van der Waals surface area (Å²) in [7, 11) is 1.59. The van der Waals surface area contributed by atoms with Crippen LogP contribution in [0.5, 0.6) is 5.75 Å². The minimum Gasteiger partial charge on any atom is -0.496 e. The molecule has 0 aliphatic heterocycles. The molecule has 0 unspecified atom stereocenters. The van der Waals surface area contributed by atoms with E-state index in [1.165, 1.54) is 6.07 Å². The smallest absolute Gasteiger partial charge is 0.338 e. The van der Waals surface area contributed by atoms with Gasteiger partial charge in [0.25, 0.3) is 5.91 Å². The second-order valence-corrected chi connectivity index (χ2v) is 6.56. The van der Waals surface area contributed by atoms with Crippen molar-refractivity contribution in [2.75, 3.05) is 7.11 Å². The minimum absolute atomic E-state index is 0.0632. The lowest BCUT2D eigenvalue weighted by Gasteiger charge is -2.13. The summed E-state index contributed by atoms with van der Waals surface area (Å²) in [4.78, 5) is 23.4. The van der Waals surface area contributed by atoms with Crippen molar-refractivity contribution < 1.29 is 23.8 Å². The van der Waals surface area contributed by atoms with Gasteiger partial charge in [-0.2, -0.15) is 0 Å². The third kappa shape index (κ3) is 4.20. The topological polar surface area (TPSA) is 99.5 Å². The molecule has 0 aliphatic rings. The number of nitrogens with one attached hydrogen (secondary N) is 2. The second-order valence-electron chi connectivity index (χ2n) is 6.56. The predicted octanol–water partition coefficient (Wildman–Crippen LogP) is 4.26. The van der Waals surface area contributed by atoms with Crippen LogP contribution in [0.2, 0.25) is 0 Å². The third-order valence-corrected chi connectivity index (χ3v) is 4.61. The largest absolute Gasteiger partial charge is 0.496 e. The van der Waals surface area contributed by atoms with E-state index in [1.807, 2.05) is 31.2 Å². The Morgan fingerprint density at radius 3 is 2.33 bits per heavy atom. The molecule has 30 heavy (non-hydrogen) atoms. The number of carboxylic acids is 1. The number of amides is 1. The molecule has 0 atom stereocenters. The van der Waals surface area contributed by atoms with Crippen LogP contribution in [-0.4, -0.2) is 29.9 Å². The molecule has 0 fully saturated rings. The van der Waals surface area contributed by atoms with E-state index in [4.69, 9.17) is 15.3 Å².